The SMILES string of the molecule is COC(CNc1ncnc2sc3c(c12)CCC3)c1ccccc1. The number of hydrogen-bond donors (Lipinski definition) is 1. The van der Waals surface area contributed by atoms with Crippen LogP contribution in [0.15, 0.2) is 36.7 Å². The fourth-order valence-corrected chi connectivity index (χ4v) is 4.49. The Balaban J connectivity index is 1.60. The van der Waals surface area contributed by atoms with E-state index in [1.54, 1.807) is 13.4 Å². The molecule has 4 rings (SSSR count). The van der Waals surface area contributed by atoms with Gasteiger partial charge >= 0.3 is 0 Å². The minimum absolute atomic E-state index is 0.00731. The fraction of sp³-hybridized carbons (Fsp3) is 0.333. The number of thiophene rings is 1. The lowest BCUT2D eigenvalue weighted by molar-refractivity contribution is 0.114. The highest BCUT2D eigenvalue weighted by atomic mass is 32.1. The van der Waals surface area contributed by atoms with Crippen molar-refractivity contribution in [2.24, 2.45) is 0 Å². The summed E-state index contributed by atoms with van der Waals surface area (Å²) in [5, 5.41) is 4.70. The molecule has 0 amide bonds. The molecule has 0 bridgehead atoms. The lowest BCUT2D eigenvalue weighted by Gasteiger charge is -2.17. The summed E-state index contributed by atoms with van der Waals surface area (Å²) >= 11 is 1.81. The molecule has 0 spiro atoms. The average Bonchev–Trinajstić information content (AvgIpc) is 3.17. The third kappa shape index (κ3) is 2.71. The molecule has 1 aliphatic rings. The monoisotopic (exact) mass is 325 g/mol. The number of hydrogen-bond acceptors (Lipinski definition) is 5. The molecule has 0 radical (unpaired) electrons. The molecule has 1 aromatic carbocycles. The number of nitrogens with zero attached hydrogens (tertiary/aromatic N) is 2. The van der Waals surface area contributed by atoms with Crippen LogP contribution in [0.2, 0.25) is 0 Å². The number of methoxy groups -OCH3 is 1. The van der Waals surface area contributed by atoms with Gasteiger partial charge in [0.25, 0.3) is 0 Å². The van der Waals surface area contributed by atoms with E-state index in [1.165, 1.54) is 34.2 Å². The summed E-state index contributed by atoms with van der Waals surface area (Å²) in [5.41, 5.74) is 2.62. The summed E-state index contributed by atoms with van der Waals surface area (Å²) in [4.78, 5) is 11.5. The van der Waals surface area contributed by atoms with Gasteiger partial charge in [0.05, 0.1) is 11.5 Å². The Bertz CT molecular complexity index is 816. The standard InChI is InChI=1S/C18H19N3OS/c1-22-14(12-6-3-2-4-7-12)10-19-17-16-13-8-5-9-15(13)23-18(16)21-11-20-17/h2-4,6-7,11,14H,5,8-10H2,1H3,(H,19,20,21). The second-order valence-electron chi connectivity index (χ2n) is 5.78. The van der Waals surface area contributed by atoms with Crippen molar-refractivity contribution in [3.8, 4) is 0 Å². The number of rotatable bonds is 5. The van der Waals surface area contributed by atoms with Crippen LogP contribution in [0.5, 0.6) is 0 Å². The summed E-state index contributed by atoms with van der Waals surface area (Å²) in [7, 11) is 1.75. The van der Waals surface area contributed by atoms with Crippen LogP contribution in [0.4, 0.5) is 5.82 Å². The topological polar surface area (TPSA) is 47.0 Å². The van der Waals surface area contributed by atoms with E-state index >= 15 is 0 Å². The lowest BCUT2D eigenvalue weighted by Crippen LogP contribution is -2.15. The Kier molecular flexibility index (Phi) is 3.97. The van der Waals surface area contributed by atoms with Crippen molar-refractivity contribution in [3.05, 3.63) is 52.7 Å². The second kappa shape index (κ2) is 6.26. The van der Waals surface area contributed by atoms with Crippen molar-refractivity contribution in [1.29, 1.82) is 0 Å². The highest BCUT2D eigenvalue weighted by molar-refractivity contribution is 7.19. The van der Waals surface area contributed by atoms with Crippen molar-refractivity contribution in [1.82, 2.24) is 9.97 Å². The first-order valence-corrected chi connectivity index (χ1v) is 8.75. The minimum Gasteiger partial charge on any atom is -0.375 e. The molecule has 0 fully saturated rings. The summed E-state index contributed by atoms with van der Waals surface area (Å²) in [6, 6.07) is 10.3. The zero-order valence-corrected chi connectivity index (χ0v) is 13.9. The van der Waals surface area contributed by atoms with Crippen molar-refractivity contribution < 1.29 is 4.74 Å². The maximum Gasteiger partial charge on any atom is 0.138 e. The highest BCUT2D eigenvalue weighted by Crippen LogP contribution is 2.39. The molecule has 23 heavy (non-hydrogen) atoms. The number of ether oxygens (including phenoxy) is 1. The zero-order valence-electron chi connectivity index (χ0n) is 13.1. The Morgan fingerprint density at radius 3 is 2.91 bits per heavy atom. The number of fused-ring (bicyclic) bond motifs is 3. The van der Waals surface area contributed by atoms with Gasteiger partial charge in [-0.05, 0) is 30.4 Å². The molecule has 118 valence electrons. The quantitative estimate of drug-likeness (QED) is 0.771. The van der Waals surface area contributed by atoms with E-state index in [-0.39, 0.29) is 6.10 Å². The van der Waals surface area contributed by atoms with Crippen LogP contribution >= 0.6 is 11.3 Å². The number of anilines is 1. The smallest absolute Gasteiger partial charge is 0.138 e. The molecule has 4 nitrogen and oxygen atoms in total. The lowest BCUT2D eigenvalue weighted by atomic mass is 10.1. The van der Waals surface area contributed by atoms with E-state index in [0.29, 0.717) is 6.54 Å². The average molecular weight is 325 g/mol. The first kappa shape index (κ1) is 14.6. The third-order valence-electron chi connectivity index (χ3n) is 4.41. The number of benzene rings is 1. The zero-order chi connectivity index (χ0) is 15.6. The van der Waals surface area contributed by atoms with E-state index < -0.39 is 0 Å². The molecule has 0 saturated heterocycles. The van der Waals surface area contributed by atoms with E-state index in [9.17, 15) is 0 Å². The highest BCUT2D eigenvalue weighted by Gasteiger charge is 2.21. The van der Waals surface area contributed by atoms with Gasteiger partial charge in [-0.3, -0.25) is 0 Å². The second-order valence-corrected chi connectivity index (χ2v) is 6.86. The van der Waals surface area contributed by atoms with Crippen LogP contribution < -0.4 is 5.32 Å². The molecular formula is C18H19N3OS. The Morgan fingerprint density at radius 1 is 1.22 bits per heavy atom. The van der Waals surface area contributed by atoms with Gasteiger partial charge in [0, 0.05) is 18.5 Å². The molecule has 1 atom stereocenters. The van der Waals surface area contributed by atoms with Gasteiger partial charge in [-0.2, -0.15) is 0 Å². The van der Waals surface area contributed by atoms with E-state index in [1.807, 2.05) is 29.5 Å². The van der Waals surface area contributed by atoms with Crippen LogP contribution in [0.3, 0.4) is 0 Å². The van der Waals surface area contributed by atoms with E-state index in [2.05, 4.69) is 27.4 Å². The number of nitrogens with one attached hydrogen (secondary N) is 1. The van der Waals surface area contributed by atoms with Crippen molar-refractivity contribution >= 4 is 27.4 Å². The molecule has 1 unspecified atom stereocenters. The molecule has 0 aliphatic heterocycles. The van der Waals surface area contributed by atoms with Crippen LogP contribution in [0.25, 0.3) is 10.2 Å². The van der Waals surface area contributed by atoms with Gasteiger partial charge in [0.15, 0.2) is 0 Å². The first-order valence-electron chi connectivity index (χ1n) is 7.93. The van der Waals surface area contributed by atoms with Crippen molar-refractivity contribution in [2.75, 3.05) is 19.0 Å². The number of aryl methyl sites for hydroxylation is 2. The summed E-state index contributed by atoms with van der Waals surface area (Å²) in [6.07, 6.45) is 5.23. The maximum atomic E-state index is 5.64. The molecule has 3 aromatic rings. The van der Waals surface area contributed by atoms with E-state index in [4.69, 9.17) is 4.74 Å². The Morgan fingerprint density at radius 2 is 2.09 bits per heavy atom. The predicted octanol–water partition coefficient (Wildman–Crippen LogP) is 3.98. The predicted molar refractivity (Wildman–Crippen MR) is 94.1 cm³/mol. The summed E-state index contributed by atoms with van der Waals surface area (Å²) < 4.78 is 5.64. The molecule has 1 N–H and O–H groups in total. The molecule has 1 aliphatic carbocycles. The van der Waals surface area contributed by atoms with Crippen LogP contribution in [-0.2, 0) is 17.6 Å². The van der Waals surface area contributed by atoms with Gasteiger partial charge in [-0.15, -0.1) is 11.3 Å². The van der Waals surface area contributed by atoms with Crippen LogP contribution in [-0.4, -0.2) is 23.6 Å². The van der Waals surface area contributed by atoms with Crippen LogP contribution in [0.1, 0.15) is 28.5 Å². The Labute approximate surface area is 139 Å². The first-order chi connectivity index (χ1) is 11.4. The van der Waals surface area contributed by atoms with E-state index in [0.717, 1.165) is 17.1 Å². The Hall–Kier alpha value is -1.98. The molecule has 0 saturated carbocycles. The van der Waals surface area contributed by atoms with Gasteiger partial charge < -0.3 is 10.1 Å². The minimum atomic E-state index is 0.00731. The molecular weight excluding hydrogens is 306 g/mol. The number of aromatic nitrogens is 2. The van der Waals surface area contributed by atoms with Gasteiger partial charge in [0.2, 0.25) is 0 Å². The third-order valence-corrected chi connectivity index (χ3v) is 5.61. The van der Waals surface area contributed by atoms with Crippen molar-refractivity contribution in [2.45, 2.75) is 25.4 Å². The molecule has 2 aromatic heterocycles. The fourth-order valence-electron chi connectivity index (χ4n) is 3.26. The largest absolute Gasteiger partial charge is 0.375 e. The van der Waals surface area contributed by atoms with Gasteiger partial charge in [-0.25, -0.2) is 9.97 Å². The van der Waals surface area contributed by atoms with Gasteiger partial charge in [-0.1, -0.05) is 30.3 Å². The summed E-state index contributed by atoms with van der Waals surface area (Å²) in [6.45, 7) is 0.692. The normalized spacial score (nSPS) is 14.8. The molecule has 5 heteroatoms. The summed E-state index contributed by atoms with van der Waals surface area (Å²) in [5.74, 6) is 0.937. The maximum absolute atomic E-state index is 5.64. The van der Waals surface area contributed by atoms with Crippen LogP contribution in [0, 0.1) is 0 Å². The van der Waals surface area contributed by atoms with Gasteiger partial charge in [0.1, 0.15) is 17.0 Å². The van der Waals surface area contributed by atoms with Crippen molar-refractivity contribution in [3.63, 3.8) is 0 Å². The molecule has 2 heterocycles.